The number of aromatic nitrogens is 1. The van der Waals surface area contributed by atoms with Crippen LogP contribution in [0.15, 0.2) is 36.5 Å². The van der Waals surface area contributed by atoms with Crippen molar-refractivity contribution in [2.75, 3.05) is 32.1 Å². The summed E-state index contributed by atoms with van der Waals surface area (Å²) in [6, 6.07) is 10.4. The molecule has 0 aliphatic carbocycles. The Morgan fingerprint density at radius 3 is 2.94 bits per heavy atom. The average molecular weight is 229 g/mol. The van der Waals surface area contributed by atoms with Crippen molar-refractivity contribution in [3.05, 3.63) is 36.5 Å². The molecule has 1 aromatic carbocycles. The topological polar surface area (TPSA) is 28.2 Å². The van der Waals surface area contributed by atoms with E-state index in [1.165, 1.54) is 11.1 Å². The first-order valence-electron chi connectivity index (χ1n) is 6.02. The van der Waals surface area contributed by atoms with Crippen molar-refractivity contribution >= 4 is 16.6 Å². The van der Waals surface area contributed by atoms with Crippen molar-refractivity contribution in [2.45, 2.75) is 6.42 Å². The Balaban J connectivity index is 2.22. The van der Waals surface area contributed by atoms with Gasteiger partial charge >= 0.3 is 0 Å². The maximum absolute atomic E-state index is 4.38. The highest BCUT2D eigenvalue weighted by Gasteiger charge is 2.05. The molecule has 0 spiro atoms. The van der Waals surface area contributed by atoms with E-state index in [1.807, 2.05) is 19.3 Å². The summed E-state index contributed by atoms with van der Waals surface area (Å²) < 4.78 is 0. The maximum atomic E-state index is 4.38. The van der Waals surface area contributed by atoms with Gasteiger partial charge in [0, 0.05) is 30.9 Å². The van der Waals surface area contributed by atoms with Crippen LogP contribution in [0.5, 0.6) is 0 Å². The molecule has 0 aliphatic heterocycles. The van der Waals surface area contributed by atoms with Crippen LogP contribution in [-0.2, 0) is 0 Å². The number of fused-ring (bicyclic) bond motifs is 1. The SMILES string of the molecule is CNCCCN(C)c1cccc2ncccc12. The lowest BCUT2D eigenvalue weighted by Gasteiger charge is -2.20. The summed E-state index contributed by atoms with van der Waals surface area (Å²) in [6.07, 6.45) is 2.98. The molecule has 3 nitrogen and oxygen atoms in total. The molecule has 0 radical (unpaired) electrons. The van der Waals surface area contributed by atoms with E-state index < -0.39 is 0 Å². The van der Waals surface area contributed by atoms with Crippen LogP contribution in [0.2, 0.25) is 0 Å². The number of hydrogen-bond acceptors (Lipinski definition) is 3. The molecular formula is C14H19N3. The Kier molecular flexibility index (Phi) is 3.94. The molecule has 2 aromatic rings. The Bertz CT molecular complexity index is 476. The minimum Gasteiger partial charge on any atom is -0.374 e. The van der Waals surface area contributed by atoms with Crippen LogP contribution in [0.1, 0.15) is 6.42 Å². The fourth-order valence-corrected chi connectivity index (χ4v) is 2.03. The second-order valence-electron chi connectivity index (χ2n) is 4.23. The van der Waals surface area contributed by atoms with Gasteiger partial charge < -0.3 is 10.2 Å². The van der Waals surface area contributed by atoms with E-state index in [4.69, 9.17) is 0 Å². The van der Waals surface area contributed by atoms with E-state index >= 15 is 0 Å². The highest BCUT2D eigenvalue weighted by atomic mass is 15.1. The van der Waals surface area contributed by atoms with Gasteiger partial charge in [0.05, 0.1) is 5.52 Å². The molecule has 0 unspecified atom stereocenters. The van der Waals surface area contributed by atoms with Crippen LogP contribution >= 0.6 is 0 Å². The first-order chi connectivity index (χ1) is 8.33. The molecule has 3 heteroatoms. The highest BCUT2D eigenvalue weighted by molar-refractivity contribution is 5.91. The fraction of sp³-hybridized carbons (Fsp3) is 0.357. The molecule has 1 aromatic heterocycles. The van der Waals surface area contributed by atoms with Crippen LogP contribution in [0, 0.1) is 0 Å². The molecule has 2 rings (SSSR count). The second kappa shape index (κ2) is 5.64. The minimum absolute atomic E-state index is 1.05. The number of anilines is 1. The summed E-state index contributed by atoms with van der Waals surface area (Å²) in [7, 11) is 4.12. The van der Waals surface area contributed by atoms with Gasteiger partial charge in [-0.1, -0.05) is 6.07 Å². The lowest BCUT2D eigenvalue weighted by Crippen LogP contribution is -2.22. The average Bonchev–Trinajstić information content (AvgIpc) is 2.38. The van der Waals surface area contributed by atoms with E-state index in [0.717, 1.165) is 25.0 Å². The van der Waals surface area contributed by atoms with Gasteiger partial charge in [-0.25, -0.2) is 0 Å². The third-order valence-electron chi connectivity index (χ3n) is 2.95. The zero-order valence-electron chi connectivity index (χ0n) is 10.5. The van der Waals surface area contributed by atoms with Gasteiger partial charge in [0.25, 0.3) is 0 Å². The van der Waals surface area contributed by atoms with Crippen molar-refractivity contribution in [1.82, 2.24) is 10.3 Å². The van der Waals surface area contributed by atoms with Crippen molar-refractivity contribution in [2.24, 2.45) is 0 Å². The van der Waals surface area contributed by atoms with E-state index in [-0.39, 0.29) is 0 Å². The standard InChI is InChI=1S/C14H19N3/c1-15-9-5-11-17(2)14-8-3-7-13-12(14)6-4-10-16-13/h3-4,6-8,10,15H,5,9,11H2,1-2H3. The van der Waals surface area contributed by atoms with Gasteiger partial charge in [0.15, 0.2) is 0 Å². The summed E-state index contributed by atoms with van der Waals surface area (Å²) in [5.41, 5.74) is 2.32. The van der Waals surface area contributed by atoms with Crippen LogP contribution in [-0.4, -0.2) is 32.2 Å². The summed E-state index contributed by atoms with van der Waals surface area (Å²) >= 11 is 0. The van der Waals surface area contributed by atoms with Crippen molar-refractivity contribution in [3.8, 4) is 0 Å². The lowest BCUT2D eigenvalue weighted by molar-refractivity contribution is 0.714. The monoisotopic (exact) mass is 229 g/mol. The molecule has 0 saturated heterocycles. The fourth-order valence-electron chi connectivity index (χ4n) is 2.03. The van der Waals surface area contributed by atoms with E-state index in [2.05, 4.69) is 46.5 Å². The van der Waals surface area contributed by atoms with Gasteiger partial charge in [-0.3, -0.25) is 4.98 Å². The van der Waals surface area contributed by atoms with Gasteiger partial charge in [-0.2, -0.15) is 0 Å². The molecular weight excluding hydrogens is 210 g/mol. The molecule has 0 saturated carbocycles. The van der Waals surface area contributed by atoms with Crippen molar-refractivity contribution in [1.29, 1.82) is 0 Å². The smallest absolute Gasteiger partial charge is 0.0722 e. The number of hydrogen-bond donors (Lipinski definition) is 1. The van der Waals surface area contributed by atoms with Gasteiger partial charge in [-0.05, 0) is 44.3 Å². The van der Waals surface area contributed by atoms with Crippen LogP contribution in [0.25, 0.3) is 10.9 Å². The van der Waals surface area contributed by atoms with Crippen LogP contribution in [0.4, 0.5) is 5.69 Å². The van der Waals surface area contributed by atoms with Gasteiger partial charge in [-0.15, -0.1) is 0 Å². The van der Waals surface area contributed by atoms with Gasteiger partial charge in [0.1, 0.15) is 0 Å². The molecule has 0 bridgehead atoms. The number of nitrogens with zero attached hydrogens (tertiary/aromatic N) is 2. The normalized spacial score (nSPS) is 10.7. The number of benzene rings is 1. The Labute approximate surface area is 102 Å². The number of nitrogens with one attached hydrogen (secondary N) is 1. The summed E-state index contributed by atoms with van der Waals surface area (Å²) in [4.78, 5) is 6.67. The van der Waals surface area contributed by atoms with Crippen molar-refractivity contribution in [3.63, 3.8) is 0 Å². The highest BCUT2D eigenvalue weighted by Crippen LogP contribution is 2.24. The van der Waals surface area contributed by atoms with E-state index in [0.29, 0.717) is 0 Å². The quantitative estimate of drug-likeness (QED) is 0.797. The number of rotatable bonds is 5. The molecule has 1 N–H and O–H groups in total. The Morgan fingerprint density at radius 1 is 1.24 bits per heavy atom. The van der Waals surface area contributed by atoms with E-state index in [9.17, 15) is 0 Å². The Morgan fingerprint density at radius 2 is 2.12 bits per heavy atom. The predicted octanol–water partition coefficient (Wildman–Crippen LogP) is 2.28. The summed E-state index contributed by atoms with van der Waals surface area (Å²) in [6.45, 7) is 2.10. The van der Waals surface area contributed by atoms with Crippen LogP contribution in [0.3, 0.4) is 0 Å². The third kappa shape index (κ3) is 2.74. The zero-order chi connectivity index (χ0) is 12.1. The zero-order valence-corrected chi connectivity index (χ0v) is 10.5. The molecule has 90 valence electrons. The third-order valence-corrected chi connectivity index (χ3v) is 2.95. The first kappa shape index (κ1) is 11.9. The van der Waals surface area contributed by atoms with Crippen LogP contribution < -0.4 is 10.2 Å². The van der Waals surface area contributed by atoms with Crippen molar-refractivity contribution < 1.29 is 0 Å². The lowest BCUT2D eigenvalue weighted by atomic mass is 10.1. The minimum atomic E-state index is 1.05. The maximum Gasteiger partial charge on any atom is 0.0722 e. The Hall–Kier alpha value is -1.61. The summed E-state index contributed by atoms with van der Waals surface area (Å²) in [5, 5.41) is 4.40. The number of pyridine rings is 1. The largest absolute Gasteiger partial charge is 0.374 e. The van der Waals surface area contributed by atoms with E-state index in [1.54, 1.807) is 0 Å². The molecule has 0 atom stereocenters. The first-order valence-corrected chi connectivity index (χ1v) is 6.02. The molecule has 0 fully saturated rings. The molecule has 17 heavy (non-hydrogen) atoms. The summed E-state index contributed by atoms with van der Waals surface area (Å²) in [5.74, 6) is 0. The van der Waals surface area contributed by atoms with Gasteiger partial charge in [0.2, 0.25) is 0 Å². The molecule has 0 aliphatic rings. The predicted molar refractivity (Wildman–Crippen MR) is 73.6 cm³/mol. The molecule has 1 heterocycles. The molecule has 0 amide bonds. The second-order valence-corrected chi connectivity index (χ2v) is 4.23.